The minimum atomic E-state index is -0.892. The predicted molar refractivity (Wildman–Crippen MR) is 90.6 cm³/mol. The van der Waals surface area contributed by atoms with Crippen LogP contribution in [-0.4, -0.2) is 24.5 Å². The fourth-order valence-corrected chi connectivity index (χ4v) is 2.64. The van der Waals surface area contributed by atoms with E-state index in [0.717, 1.165) is 25.0 Å². The Hall–Kier alpha value is -2.29. The molecule has 2 aromatic rings. The van der Waals surface area contributed by atoms with Gasteiger partial charge in [-0.15, -0.1) is 0 Å². The zero-order valence-corrected chi connectivity index (χ0v) is 14.0. The van der Waals surface area contributed by atoms with E-state index < -0.39 is 17.9 Å². The highest BCUT2D eigenvalue weighted by molar-refractivity contribution is 5.59. The second-order valence-electron chi connectivity index (χ2n) is 5.98. The molecule has 0 unspecified atom stereocenters. The molecule has 0 atom stereocenters. The monoisotopic (exact) mass is 343 g/mol. The minimum Gasteiger partial charge on any atom is -0.342 e. The molecule has 1 aromatic heterocycles. The summed E-state index contributed by atoms with van der Waals surface area (Å²) in [6, 6.07) is 7.20. The third kappa shape index (κ3) is 4.62. The zero-order valence-electron chi connectivity index (χ0n) is 14.0. The van der Waals surface area contributed by atoms with E-state index >= 15 is 0 Å². The molecule has 25 heavy (non-hydrogen) atoms. The van der Waals surface area contributed by atoms with Crippen molar-refractivity contribution >= 4 is 0 Å². The van der Waals surface area contributed by atoms with Gasteiger partial charge in [0.1, 0.15) is 0 Å². The summed E-state index contributed by atoms with van der Waals surface area (Å²) in [4.78, 5) is 4.25. The van der Waals surface area contributed by atoms with E-state index in [4.69, 9.17) is 9.47 Å². The lowest BCUT2D eigenvalue weighted by molar-refractivity contribution is -0.170. The Labute approximate surface area is 146 Å². The van der Waals surface area contributed by atoms with Crippen molar-refractivity contribution in [3.63, 3.8) is 0 Å². The van der Waals surface area contributed by atoms with Gasteiger partial charge >= 0.3 is 0 Å². The lowest BCUT2D eigenvalue weighted by Crippen LogP contribution is -2.31. The summed E-state index contributed by atoms with van der Waals surface area (Å²) in [7, 11) is 0. The van der Waals surface area contributed by atoms with Crippen LogP contribution in [0.2, 0.25) is 0 Å². The van der Waals surface area contributed by atoms with Crippen LogP contribution in [-0.2, 0) is 9.47 Å². The lowest BCUT2D eigenvalue weighted by atomic mass is 10.1. The normalized spacial score (nSPS) is 20.0. The Morgan fingerprint density at radius 3 is 2.56 bits per heavy atom. The number of ether oxygens (including phenoxy) is 2. The van der Waals surface area contributed by atoms with Crippen molar-refractivity contribution in [3.05, 3.63) is 53.7 Å². The second kappa shape index (κ2) is 8.19. The van der Waals surface area contributed by atoms with Gasteiger partial charge < -0.3 is 9.47 Å². The number of rotatable bonds is 3. The summed E-state index contributed by atoms with van der Waals surface area (Å²) in [5, 5.41) is 0. The van der Waals surface area contributed by atoms with Gasteiger partial charge in [-0.2, -0.15) is 0 Å². The number of benzene rings is 1. The van der Waals surface area contributed by atoms with Crippen LogP contribution in [0.3, 0.4) is 0 Å². The van der Waals surface area contributed by atoms with Crippen LogP contribution in [0.15, 0.2) is 36.5 Å². The molecule has 2 heterocycles. The molecule has 0 amide bonds. The van der Waals surface area contributed by atoms with Crippen LogP contribution in [0.4, 0.5) is 8.78 Å². The van der Waals surface area contributed by atoms with E-state index in [1.165, 1.54) is 6.07 Å². The van der Waals surface area contributed by atoms with Gasteiger partial charge in [0.15, 0.2) is 11.6 Å². The smallest absolute Gasteiger partial charge is 0.222 e. The van der Waals surface area contributed by atoms with Gasteiger partial charge in [0, 0.05) is 23.2 Å². The SMILES string of the molecule is CCCC1COC(C#Cc2ccc(-c3ccc(F)c(F)c3)nc2)OC1. The first kappa shape index (κ1) is 17.5. The molecule has 3 nitrogen and oxygen atoms in total. The van der Waals surface area contributed by atoms with E-state index in [0.29, 0.717) is 36.0 Å². The molecule has 5 heteroatoms. The highest BCUT2D eigenvalue weighted by Gasteiger charge is 2.19. The number of aromatic nitrogens is 1. The van der Waals surface area contributed by atoms with Gasteiger partial charge in [0.2, 0.25) is 6.29 Å². The van der Waals surface area contributed by atoms with Gasteiger partial charge in [-0.3, -0.25) is 4.98 Å². The number of halogens is 2. The van der Waals surface area contributed by atoms with Crippen molar-refractivity contribution in [2.24, 2.45) is 5.92 Å². The molecule has 0 radical (unpaired) electrons. The Morgan fingerprint density at radius 1 is 1.12 bits per heavy atom. The quantitative estimate of drug-likeness (QED) is 0.784. The summed E-state index contributed by atoms with van der Waals surface area (Å²) in [6.45, 7) is 3.48. The molecular weight excluding hydrogens is 324 g/mol. The van der Waals surface area contributed by atoms with Crippen LogP contribution in [0, 0.1) is 29.4 Å². The van der Waals surface area contributed by atoms with Crippen molar-refractivity contribution in [2.75, 3.05) is 13.2 Å². The summed E-state index contributed by atoms with van der Waals surface area (Å²) >= 11 is 0. The summed E-state index contributed by atoms with van der Waals surface area (Å²) in [5.41, 5.74) is 1.77. The minimum absolute atomic E-state index is 0.445. The Morgan fingerprint density at radius 2 is 1.92 bits per heavy atom. The first-order valence-electron chi connectivity index (χ1n) is 8.32. The maximum Gasteiger partial charge on any atom is 0.222 e. The molecule has 0 bridgehead atoms. The van der Waals surface area contributed by atoms with Crippen molar-refractivity contribution < 1.29 is 18.3 Å². The molecule has 1 saturated heterocycles. The molecule has 130 valence electrons. The Bertz CT molecular complexity index is 773. The predicted octanol–water partition coefficient (Wildman–Crippen LogP) is 4.17. The summed E-state index contributed by atoms with van der Waals surface area (Å²) in [6.07, 6.45) is 3.28. The van der Waals surface area contributed by atoms with Gasteiger partial charge in [-0.1, -0.05) is 19.3 Å². The average Bonchev–Trinajstić information content (AvgIpc) is 2.64. The molecule has 0 spiro atoms. The third-order valence-corrected chi connectivity index (χ3v) is 3.98. The van der Waals surface area contributed by atoms with Crippen LogP contribution >= 0.6 is 0 Å². The van der Waals surface area contributed by atoms with E-state index in [2.05, 4.69) is 23.7 Å². The number of pyridine rings is 1. The highest BCUT2D eigenvalue weighted by Crippen LogP contribution is 2.20. The molecule has 0 aliphatic carbocycles. The summed E-state index contributed by atoms with van der Waals surface area (Å²) < 4.78 is 37.5. The molecule has 1 aliphatic heterocycles. The molecular formula is C20H19F2NO2. The molecule has 1 aromatic carbocycles. The van der Waals surface area contributed by atoms with Gasteiger partial charge in [-0.25, -0.2) is 8.78 Å². The standard InChI is InChI=1S/C20H19F2NO2/c1-2-3-15-12-24-20(25-13-15)9-5-14-4-8-19(23-11-14)16-6-7-17(21)18(22)10-16/h4,6-8,10-11,15,20H,2-3,12-13H2,1H3. The van der Waals surface area contributed by atoms with E-state index in [1.807, 2.05) is 0 Å². The number of hydrogen-bond donors (Lipinski definition) is 0. The van der Waals surface area contributed by atoms with E-state index in [9.17, 15) is 8.78 Å². The Balaban J connectivity index is 1.63. The molecule has 3 rings (SSSR count). The molecule has 1 fully saturated rings. The Kier molecular flexibility index (Phi) is 5.75. The lowest BCUT2D eigenvalue weighted by Gasteiger charge is -2.26. The van der Waals surface area contributed by atoms with Crippen LogP contribution in [0.5, 0.6) is 0 Å². The number of hydrogen-bond acceptors (Lipinski definition) is 3. The average molecular weight is 343 g/mol. The van der Waals surface area contributed by atoms with Crippen LogP contribution in [0.1, 0.15) is 25.3 Å². The van der Waals surface area contributed by atoms with E-state index in [-0.39, 0.29) is 0 Å². The fraction of sp³-hybridized carbons (Fsp3) is 0.350. The van der Waals surface area contributed by atoms with Crippen molar-refractivity contribution in [1.29, 1.82) is 0 Å². The van der Waals surface area contributed by atoms with Crippen LogP contribution < -0.4 is 0 Å². The molecule has 0 saturated carbocycles. The first-order chi connectivity index (χ1) is 12.2. The maximum absolute atomic E-state index is 13.3. The zero-order chi connectivity index (χ0) is 17.6. The van der Waals surface area contributed by atoms with Gasteiger partial charge in [0.05, 0.1) is 18.9 Å². The van der Waals surface area contributed by atoms with Crippen molar-refractivity contribution in [1.82, 2.24) is 4.98 Å². The fourth-order valence-electron chi connectivity index (χ4n) is 2.64. The molecule has 1 aliphatic rings. The third-order valence-electron chi connectivity index (χ3n) is 3.98. The topological polar surface area (TPSA) is 31.4 Å². The van der Waals surface area contributed by atoms with Gasteiger partial charge in [0.25, 0.3) is 0 Å². The maximum atomic E-state index is 13.3. The van der Waals surface area contributed by atoms with Crippen molar-refractivity contribution in [2.45, 2.75) is 26.1 Å². The van der Waals surface area contributed by atoms with Crippen molar-refractivity contribution in [3.8, 4) is 23.1 Å². The number of nitrogens with zero attached hydrogens (tertiary/aromatic N) is 1. The molecule has 0 N–H and O–H groups in total. The largest absolute Gasteiger partial charge is 0.342 e. The van der Waals surface area contributed by atoms with E-state index in [1.54, 1.807) is 18.3 Å². The highest BCUT2D eigenvalue weighted by atomic mass is 19.2. The summed E-state index contributed by atoms with van der Waals surface area (Å²) in [5.74, 6) is 4.57. The van der Waals surface area contributed by atoms with Crippen LogP contribution in [0.25, 0.3) is 11.3 Å². The second-order valence-corrected chi connectivity index (χ2v) is 5.98. The first-order valence-corrected chi connectivity index (χ1v) is 8.32. The van der Waals surface area contributed by atoms with Gasteiger partial charge in [-0.05, 0) is 42.7 Å².